The number of nitrogens with zero attached hydrogens (tertiary/aromatic N) is 2. The van der Waals surface area contributed by atoms with Gasteiger partial charge in [0.1, 0.15) is 11.5 Å². The molecular weight excluding hydrogens is 442 g/mol. The predicted octanol–water partition coefficient (Wildman–Crippen LogP) is 4.86. The number of piperidine rings is 1. The minimum Gasteiger partial charge on any atom is -0.497 e. The van der Waals surface area contributed by atoms with E-state index in [1.807, 2.05) is 48.5 Å². The van der Waals surface area contributed by atoms with Crippen molar-refractivity contribution >= 4 is 23.2 Å². The fraction of sp³-hybridized carbons (Fsp3) is 0.500. The highest BCUT2D eigenvalue weighted by Crippen LogP contribution is 2.29. The van der Waals surface area contributed by atoms with E-state index in [1.165, 1.54) is 24.2 Å². The van der Waals surface area contributed by atoms with Crippen LogP contribution in [0.1, 0.15) is 51.9 Å². The topological polar surface area (TPSA) is 71.1 Å². The lowest BCUT2D eigenvalue weighted by Gasteiger charge is -2.35. The Morgan fingerprint density at radius 2 is 1.60 bits per heavy atom. The largest absolute Gasteiger partial charge is 0.497 e. The maximum absolute atomic E-state index is 13.2. The summed E-state index contributed by atoms with van der Waals surface area (Å²) in [6.45, 7) is 4.45. The van der Waals surface area contributed by atoms with Gasteiger partial charge < -0.3 is 14.8 Å². The van der Waals surface area contributed by atoms with Gasteiger partial charge in [0, 0.05) is 24.8 Å². The number of carbonyl (C=O) groups excluding carboxylic acids is 2. The normalized spacial score (nSPS) is 19.3. The Kier molecular flexibility index (Phi) is 8.64. The van der Waals surface area contributed by atoms with Crippen LogP contribution in [0.25, 0.3) is 0 Å². The fourth-order valence-electron chi connectivity index (χ4n) is 4.86. The smallest absolute Gasteiger partial charge is 0.251 e. The number of anilines is 2. The number of hydrogen-bond donors (Lipinski definition) is 1. The summed E-state index contributed by atoms with van der Waals surface area (Å²) in [5.41, 5.74) is 1.69. The predicted molar refractivity (Wildman–Crippen MR) is 138 cm³/mol. The van der Waals surface area contributed by atoms with Crippen molar-refractivity contribution in [2.75, 3.05) is 37.0 Å². The van der Waals surface area contributed by atoms with Gasteiger partial charge in [0.25, 0.3) is 5.91 Å². The first kappa shape index (κ1) is 25.0. The van der Waals surface area contributed by atoms with E-state index >= 15 is 0 Å². The Balaban J connectivity index is 1.27. The minimum atomic E-state index is -0.376. The summed E-state index contributed by atoms with van der Waals surface area (Å²) in [5, 5.41) is 3.57. The average molecular weight is 480 g/mol. The molecule has 188 valence electrons. The van der Waals surface area contributed by atoms with E-state index in [0.29, 0.717) is 18.3 Å². The molecule has 35 heavy (non-hydrogen) atoms. The van der Waals surface area contributed by atoms with Gasteiger partial charge in [-0.25, -0.2) is 4.90 Å². The molecule has 2 aromatic rings. The van der Waals surface area contributed by atoms with Gasteiger partial charge >= 0.3 is 0 Å². The highest BCUT2D eigenvalue weighted by molar-refractivity contribution is 6.22. The lowest BCUT2D eigenvalue weighted by atomic mass is 10.0. The summed E-state index contributed by atoms with van der Waals surface area (Å²) in [6.07, 6.45) is 6.72. The van der Waals surface area contributed by atoms with Crippen LogP contribution in [0, 0.1) is 0 Å². The van der Waals surface area contributed by atoms with Gasteiger partial charge in [-0.2, -0.15) is 0 Å². The van der Waals surface area contributed by atoms with E-state index in [1.54, 1.807) is 7.11 Å². The number of amides is 2. The maximum atomic E-state index is 13.2. The molecule has 2 aliphatic heterocycles. The number of imide groups is 1. The first-order valence-electron chi connectivity index (χ1n) is 12.8. The Hall–Kier alpha value is -3.06. The molecule has 4 rings (SSSR count). The van der Waals surface area contributed by atoms with Crippen LogP contribution in [0.5, 0.6) is 11.5 Å². The number of hydrogen-bond acceptors (Lipinski definition) is 6. The molecule has 7 nitrogen and oxygen atoms in total. The molecule has 1 N–H and O–H groups in total. The highest BCUT2D eigenvalue weighted by Gasteiger charge is 2.43. The van der Waals surface area contributed by atoms with Gasteiger partial charge in [-0.1, -0.05) is 26.2 Å². The molecule has 2 aromatic carbocycles. The number of likely N-dealkylation sites (tertiary alicyclic amines) is 1. The van der Waals surface area contributed by atoms with Gasteiger partial charge in [0.2, 0.25) is 5.91 Å². The summed E-state index contributed by atoms with van der Waals surface area (Å²) < 4.78 is 11.0. The van der Waals surface area contributed by atoms with Crippen molar-refractivity contribution in [3.63, 3.8) is 0 Å². The quantitative estimate of drug-likeness (QED) is 0.367. The van der Waals surface area contributed by atoms with Gasteiger partial charge in [-0.15, -0.1) is 0 Å². The molecule has 2 aliphatic rings. The summed E-state index contributed by atoms with van der Waals surface area (Å²) in [6, 6.07) is 15.2. The van der Waals surface area contributed by atoms with Crippen LogP contribution in [0.3, 0.4) is 0 Å². The first-order valence-corrected chi connectivity index (χ1v) is 12.8. The van der Waals surface area contributed by atoms with Crippen LogP contribution >= 0.6 is 0 Å². The molecular formula is C28H37N3O4. The molecule has 2 fully saturated rings. The highest BCUT2D eigenvalue weighted by atomic mass is 16.5. The van der Waals surface area contributed by atoms with Crippen LogP contribution < -0.4 is 19.7 Å². The molecule has 0 spiro atoms. The molecule has 0 bridgehead atoms. The van der Waals surface area contributed by atoms with E-state index < -0.39 is 0 Å². The Labute approximate surface area is 208 Å². The lowest BCUT2D eigenvalue weighted by Crippen LogP contribution is -2.48. The third kappa shape index (κ3) is 6.34. The number of benzene rings is 2. The molecule has 1 unspecified atom stereocenters. The second-order valence-electron chi connectivity index (χ2n) is 9.37. The van der Waals surface area contributed by atoms with Crippen LogP contribution in [0.4, 0.5) is 11.4 Å². The van der Waals surface area contributed by atoms with Crippen molar-refractivity contribution in [1.29, 1.82) is 0 Å². The molecule has 0 aromatic heterocycles. The van der Waals surface area contributed by atoms with Crippen molar-refractivity contribution in [3.05, 3.63) is 48.5 Å². The molecule has 2 heterocycles. The number of ether oxygens (including phenoxy) is 2. The number of carbonyl (C=O) groups is 2. The number of rotatable bonds is 11. The number of methoxy groups -OCH3 is 1. The molecule has 2 saturated heterocycles. The van der Waals surface area contributed by atoms with E-state index in [9.17, 15) is 9.59 Å². The van der Waals surface area contributed by atoms with Gasteiger partial charge in [-0.3, -0.25) is 14.5 Å². The van der Waals surface area contributed by atoms with Crippen molar-refractivity contribution < 1.29 is 19.1 Å². The van der Waals surface area contributed by atoms with Crippen LogP contribution in [0.2, 0.25) is 0 Å². The molecule has 0 aliphatic carbocycles. The van der Waals surface area contributed by atoms with E-state index in [2.05, 4.69) is 17.1 Å². The average Bonchev–Trinajstić information content (AvgIpc) is 3.19. The van der Waals surface area contributed by atoms with E-state index in [-0.39, 0.29) is 24.3 Å². The second-order valence-corrected chi connectivity index (χ2v) is 9.37. The summed E-state index contributed by atoms with van der Waals surface area (Å²) in [5.74, 6) is 1.35. The molecule has 2 amide bonds. The summed E-state index contributed by atoms with van der Waals surface area (Å²) in [7, 11) is 1.66. The summed E-state index contributed by atoms with van der Waals surface area (Å²) in [4.78, 5) is 29.5. The van der Waals surface area contributed by atoms with E-state index in [0.717, 1.165) is 49.5 Å². The zero-order valence-electron chi connectivity index (χ0n) is 20.9. The van der Waals surface area contributed by atoms with Gasteiger partial charge in [-0.05, 0) is 67.8 Å². The zero-order valence-corrected chi connectivity index (χ0v) is 20.9. The van der Waals surface area contributed by atoms with Crippen LogP contribution in [-0.4, -0.2) is 55.6 Å². The Morgan fingerprint density at radius 1 is 0.914 bits per heavy atom. The molecule has 1 atom stereocenters. The SMILES string of the molecule is CCCCCCOc1ccc(N2C(=O)CC(N3CCC(Nc4ccc(OC)cc4)CC3)C2=O)cc1. The standard InChI is InChI=1S/C28H37N3O4/c1-3-4-5-6-19-35-25-13-9-23(10-14-25)31-27(32)20-26(28(31)33)30-17-15-22(16-18-30)29-21-7-11-24(34-2)12-8-21/h7-14,22,26,29H,3-6,15-20H2,1-2H3. The number of unbranched alkanes of at least 4 members (excludes halogenated alkanes) is 3. The van der Waals surface area contributed by atoms with Crippen molar-refractivity contribution in [1.82, 2.24) is 4.90 Å². The van der Waals surface area contributed by atoms with Gasteiger partial charge in [0.15, 0.2) is 0 Å². The molecule has 0 radical (unpaired) electrons. The summed E-state index contributed by atoms with van der Waals surface area (Å²) >= 11 is 0. The Bertz CT molecular complexity index is 969. The van der Waals surface area contributed by atoms with Crippen LogP contribution in [-0.2, 0) is 9.59 Å². The third-order valence-electron chi connectivity index (χ3n) is 6.92. The molecule has 7 heteroatoms. The monoisotopic (exact) mass is 479 g/mol. The van der Waals surface area contributed by atoms with Crippen LogP contribution in [0.15, 0.2) is 48.5 Å². The fourth-order valence-corrected chi connectivity index (χ4v) is 4.86. The van der Waals surface area contributed by atoms with Crippen molar-refractivity contribution in [2.45, 2.75) is 64.0 Å². The zero-order chi connectivity index (χ0) is 24.6. The Morgan fingerprint density at radius 3 is 2.26 bits per heavy atom. The van der Waals surface area contributed by atoms with Crippen molar-refractivity contribution in [3.8, 4) is 11.5 Å². The first-order chi connectivity index (χ1) is 17.1. The van der Waals surface area contributed by atoms with Gasteiger partial charge in [0.05, 0.1) is 31.9 Å². The third-order valence-corrected chi connectivity index (χ3v) is 6.92. The number of nitrogens with one attached hydrogen (secondary N) is 1. The maximum Gasteiger partial charge on any atom is 0.251 e. The lowest BCUT2D eigenvalue weighted by molar-refractivity contribution is -0.123. The second kappa shape index (κ2) is 12.1. The molecule has 0 saturated carbocycles. The minimum absolute atomic E-state index is 0.121. The van der Waals surface area contributed by atoms with E-state index in [4.69, 9.17) is 9.47 Å². The van der Waals surface area contributed by atoms with Crippen molar-refractivity contribution in [2.24, 2.45) is 0 Å².